The summed E-state index contributed by atoms with van der Waals surface area (Å²) < 4.78 is 8.75. The quantitative estimate of drug-likeness (QED) is 0.339. The van der Waals surface area contributed by atoms with E-state index in [4.69, 9.17) is 16.1 Å². The molecule has 0 bridgehead atoms. The minimum absolute atomic E-state index is 0.237. The van der Waals surface area contributed by atoms with E-state index in [1.54, 1.807) is 24.0 Å². The number of halogens is 3. The lowest BCUT2D eigenvalue weighted by Crippen LogP contribution is -2.33. The normalized spacial score (nSPS) is 14.7. The molecule has 0 unspecified atom stereocenters. The van der Waals surface area contributed by atoms with Gasteiger partial charge in [-0.3, -0.25) is 14.4 Å². The highest BCUT2D eigenvalue weighted by Crippen LogP contribution is 2.33. The SMILES string of the molecule is Cc1onc(C(=O)Nc2c(Br)cc(Br)cc2CN(C)C2CCCCC2)c1Cn1cc(Cl)cn1. The van der Waals surface area contributed by atoms with E-state index in [9.17, 15) is 4.79 Å². The van der Waals surface area contributed by atoms with Crippen molar-refractivity contribution in [1.29, 1.82) is 0 Å². The highest BCUT2D eigenvalue weighted by atomic mass is 79.9. The fraction of sp³-hybridized carbons (Fsp3) is 0.435. The van der Waals surface area contributed by atoms with Crippen molar-refractivity contribution in [3.05, 3.63) is 61.1 Å². The number of amides is 1. The summed E-state index contributed by atoms with van der Waals surface area (Å²) in [6, 6.07) is 4.55. The van der Waals surface area contributed by atoms with E-state index in [2.05, 4.69) is 65.4 Å². The molecule has 1 fully saturated rings. The van der Waals surface area contributed by atoms with Gasteiger partial charge in [-0.2, -0.15) is 5.10 Å². The number of aromatic nitrogens is 3. The Morgan fingerprint density at radius 1 is 1.30 bits per heavy atom. The van der Waals surface area contributed by atoms with Gasteiger partial charge >= 0.3 is 0 Å². The van der Waals surface area contributed by atoms with Gasteiger partial charge in [0.2, 0.25) is 0 Å². The van der Waals surface area contributed by atoms with Crippen molar-refractivity contribution < 1.29 is 9.32 Å². The van der Waals surface area contributed by atoms with Crippen molar-refractivity contribution in [1.82, 2.24) is 19.8 Å². The van der Waals surface area contributed by atoms with Gasteiger partial charge in [0.05, 0.1) is 23.5 Å². The van der Waals surface area contributed by atoms with Crippen LogP contribution in [0.15, 0.2) is 38.0 Å². The predicted molar refractivity (Wildman–Crippen MR) is 136 cm³/mol. The maximum atomic E-state index is 13.3. The molecule has 1 N–H and O–H groups in total. The van der Waals surface area contributed by atoms with Crippen LogP contribution in [-0.4, -0.2) is 38.8 Å². The second-order valence-corrected chi connectivity index (χ2v) is 10.7. The highest BCUT2D eigenvalue weighted by molar-refractivity contribution is 9.11. The fourth-order valence-electron chi connectivity index (χ4n) is 4.33. The van der Waals surface area contributed by atoms with Gasteiger partial charge in [-0.1, -0.05) is 52.0 Å². The van der Waals surface area contributed by atoms with Crippen molar-refractivity contribution in [3.8, 4) is 0 Å². The number of rotatable bonds is 7. The summed E-state index contributed by atoms with van der Waals surface area (Å²) in [4.78, 5) is 15.7. The average molecular weight is 600 g/mol. The van der Waals surface area contributed by atoms with Crippen LogP contribution < -0.4 is 5.32 Å². The zero-order chi connectivity index (χ0) is 23.5. The Balaban J connectivity index is 1.57. The lowest BCUT2D eigenvalue weighted by atomic mass is 9.94. The third-order valence-corrected chi connectivity index (χ3v) is 7.39. The summed E-state index contributed by atoms with van der Waals surface area (Å²) in [5, 5.41) is 11.8. The van der Waals surface area contributed by atoms with Crippen LogP contribution in [0.5, 0.6) is 0 Å². The van der Waals surface area contributed by atoms with Gasteiger partial charge in [-0.15, -0.1) is 0 Å². The Morgan fingerprint density at radius 2 is 2.06 bits per heavy atom. The Labute approximate surface area is 215 Å². The largest absolute Gasteiger partial charge is 0.361 e. The van der Waals surface area contributed by atoms with Crippen LogP contribution >= 0.6 is 43.5 Å². The van der Waals surface area contributed by atoms with E-state index in [1.165, 1.54) is 32.1 Å². The zero-order valence-corrected chi connectivity index (χ0v) is 22.5. The Kier molecular flexibility index (Phi) is 7.94. The summed E-state index contributed by atoms with van der Waals surface area (Å²) in [5.74, 6) is 0.239. The van der Waals surface area contributed by atoms with Crippen molar-refractivity contribution in [2.45, 2.75) is 58.2 Å². The predicted octanol–water partition coefficient (Wildman–Crippen LogP) is 6.42. The molecule has 33 heavy (non-hydrogen) atoms. The van der Waals surface area contributed by atoms with Gasteiger partial charge in [-0.05, 0) is 60.4 Å². The summed E-state index contributed by atoms with van der Waals surface area (Å²) in [5.41, 5.74) is 2.67. The molecular weight excluding hydrogens is 574 g/mol. The van der Waals surface area contributed by atoms with Gasteiger partial charge in [-0.25, -0.2) is 0 Å². The molecule has 3 aromatic rings. The number of carbonyl (C=O) groups is 1. The van der Waals surface area contributed by atoms with Crippen LogP contribution in [-0.2, 0) is 13.1 Å². The second kappa shape index (κ2) is 10.7. The van der Waals surface area contributed by atoms with Gasteiger partial charge in [0.15, 0.2) is 5.69 Å². The highest BCUT2D eigenvalue weighted by Gasteiger charge is 2.24. The molecule has 1 aliphatic carbocycles. The summed E-state index contributed by atoms with van der Waals surface area (Å²) in [6.45, 7) is 2.85. The third-order valence-electron chi connectivity index (χ3n) is 6.11. The molecule has 7 nitrogen and oxygen atoms in total. The smallest absolute Gasteiger partial charge is 0.278 e. The van der Waals surface area contributed by atoms with Crippen LogP contribution in [0.25, 0.3) is 0 Å². The number of hydrogen-bond acceptors (Lipinski definition) is 5. The Bertz CT molecular complexity index is 1140. The van der Waals surface area contributed by atoms with Crippen LogP contribution in [0.1, 0.15) is 59.5 Å². The Morgan fingerprint density at radius 3 is 2.76 bits per heavy atom. The number of benzene rings is 1. The summed E-state index contributed by atoms with van der Waals surface area (Å²) >= 11 is 13.2. The van der Waals surface area contributed by atoms with E-state index in [0.29, 0.717) is 28.9 Å². The molecule has 1 amide bonds. The van der Waals surface area contributed by atoms with Crippen LogP contribution in [0, 0.1) is 6.92 Å². The third kappa shape index (κ3) is 5.88. The maximum absolute atomic E-state index is 13.3. The topological polar surface area (TPSA) is 76.2 Å². The van der Waals surface area contributed by atoms with Crippen molar-refractivity contribution in [2.75, 3.05) is 12.4 Å². The molecule has 2 heterocycles. The standard InChI is InChI=1S/C23H26Br2ClN5O2/c1-14-19(13-31-12-17(26)10-27-31)22(29-33-14)23(32)28-21-15(8-16(24)9-20(21)25)11-30(2)18-6-4-3-5-7-18/h8-10,12,18H,3-7,11,13H2,1-2H3,(H,28,32). The first-order valence-electron chi connectivity index (χ1n) is 10.9. The van der Waals surface area contributed by atoms with E-state index >= 15 is 0 Å². The second-order valence-electron chi connectivity index (χ2n) is 8.50. The molecule has 1 aliphatic rings. The molecule has 176 valence electrons. The van der Waals surface area contributed by atoms with Crippen molar-refractivity contribution >= 4 is 55.1 Å². The van der Waals surface area contributed by atoms with Crippen LogP contribution in [0.2, 0.25) is 5.02 Å². The number of nitrogens with zero attached hydrogens (tertiary/aromatic N) is 4. The molecular formula is C23H26Br2ClN5O2. The molecule has 0 saturated heterocycles. The van der Waals surface area contributed by atoms with E-state index in [-0.39, 0.29) is 11.6 Å². The van der Waals surface area contributed by atoms with Crippen LogP contribution in [0.4, 0.5) is 5.69 Å². The fourth-order valence-corrected chi connectivity index (χ4v) is 5.90. The van der Waals surface area contributed by atoms with Gasteiger partial charge in [0, 0.05) is 33.3 Å². The van der Waals surface area contributed by atoms with E-state index in [1.807, 2.05) is 6.07 Å². The summed E-state index contributed by atoms with van der Waals surface area (Å²) in [7, 11) is 2.16. The first kappa shape index (κ1) is 24.4. The molecule has 0 radical (unpaired) electrons. The minimum Gasteiger partial charge on any atom is -0.361 e. The number of nitrogens with one attached hydrogen (secondary N) is 1. The number of aryl methyl sites for hydroxylation is 1. The maximum Gasteiger partial charge on any atom is 0.278 e. The summed E-state index contributed by atoms with van der Waals surface area (Å²) in [6.07, 6.45) is 9.54. The first-order chi connectivity index (χ1) is 15.8. The van der Waals surface area contributed by atoms with Gasteiger partial charge < -0.3 is 9.84 Å². The molecule has 10 heteroatoms. The molecule has 1 saturated carbocycles. The zero-order valence-electron chi connectivity index (χ0n) is 18.6. The monoisotopic (exact) mass is 597 g/mol. The van der Waals surface area contributed by atoms with Gasteiger partial charge in [0.25, 0.3) is 5.91 Å². The number of anilines is 1. The number of carbonyl (C=O) groups excluding carboxylic acids is 1. The van der Waals surface area contributed by atoms with Gasteiger partial charge in [0.1, 0.15) is 5.76 Å². The van der Waals surface area contributed by atoms with Crippen LogP contribution in [0.3, 0.4) is 0 Å². The lowest BCUT2D eigenvalue weighted by Gasteiger charge is -2.31. The van der Waals surface area contributed by atoms with E-state index < -0.39 is 0 Å². The molecule has 2 aromatic heterocycles. The molecule has 1 aromatic carbocycles. The van der Waals surface area contributed by atoms with Crippen molar-refractivity contribution in [2.24, 2.45) is 0 Å². The number of hydrogen-bond donors (Lipinski definition) is 1. The molecule has 0 spiro atoms. The molecule has 4 rings (SSSR count). The van der Waals surface area contributed by atoms with E-state index in [0.717, 1.165) is 26.7 Å². The molecule has 0 aliphatic heterocycles. The molecule has 0 atom stereocenters. The Hall–Kier alpha value is -1.68. The lowest BCUT2D eigenvalue weighted by molar-refractivity contribution is 0.101. The minimum atomic E-state index is -0.329. The van der Waals surface area contributed by atoms with Crippen molar-refractivity contribution in [3.63, 3.8) is 0 Å². The average Bonchev–Trinajstić information content (AvgIpc) is 3.36. The first-order valence-corrected chi connectivity index (χ1v) is 12.9.